The monoisotopic (exact) mass is 364 g/mol. The number of carboxylic acid groups (broad SMARTS) is 1. The lowest BCUT2D eigenvalue weighted by Gasteiger charge is -2.22. The molecule has 138 valence electrons. The van der Waals surface area contributed by atoms with Gasteiger partial charge in [-0.1, -0.05) is 6.07 Å². The predicted octanol–water partition coefficient (Wildman–Crippen LogP) is 2.13. The zero-order valence-corrected chi connectivity index (χ0v) is 13.0. The van der Waals surface area contributed by atoms with E-state index in [9.17, 15) is 32.3 Å². The lowest BCUT2D eigenvalue weighted by atomic mass is 9.87. The number of nitrogens with one attached hydrogen (secondary N) is 2. The number of halogens is 4. The number of rotatable bonds is 5. The van der Waals surface area contributed by atoms with Crippen LogP contribution in [0.5, 0.6) is 0 Å². The third kappa shape index (κ3) is 4.59. The molecule has 1 unspecified atom stereocenters. The molecule has 1 atom stereocenters. The van der Waals surface area contributed by atoms with Crippen molar-refractivity contribution in [3.63, 3.8) is 0 Å². The molecule has 1 fully saturated rings. The van der Waals surface area contributed by atoms with Gasteiger partial charge in [0.2, 0.25) is 0 Å². The van der Waals surface area contributed by atoms with E-state index in [4.69, 9.17) is 4.74 Å². The third-order valence-corrected chi connectivity index (χ3v) is 3.96. The van der Waals surface area contributed by atoms with Crippen molar-refractivity contribution in [2.75, 3.05) is 19.8 Å². The number of hydrogen-bond acceptors (Lipinski definition) is 3. The van der Waals surface area contributed by atoms with E-state index < -0.39 is 41.5 Å². The van der Waals surface area contributed by atoms with Crippen molar-refractivity contribution in [1.82, 2.24) is 10.6 Å². The molecule has 0 aliphatic carbocycles. The molecular weight excluding hydrogens is 348 g/mol. The highest BCUT2D eigenvalue weighted by Gasteiger charge is 2.42. The minimum atomic E-state index is -4.76. The van der Waals surface area contributed by atoms with Gasteiger partial charge in [0.25, 0.3) is 0 Å². The van der Waals surface area contributed by atoms with Gasteiger partial charge >= 0.3 is 18.2 Å². The van der Waals surface area contributed by atoms with Gasteiger partial charge in [-0.25, -0.2) is 9.18 Å². The molecule has 1 aliphatic rings. The topological polar surface area (TPSA) is 87.7 Å². The summed E-state index contributed by atoms with van der Waals surface area (Å²) in [6, 6.07) is 1.32. The average Bonchev–Trinajstić information content (AvgIpc) is 3.01. The smallest absolute Gasteiger partial charge is 0.416 e. The average molecular weight is 364 g/mol. The van der Waals surface area contributed by atoms with Crippen LogP contribution in [0.15, 0.2) is 18.2 Å². The van der Waals surface area contributed by atoms with E-state index in [-0.39, 0.29) is 31.7 Å². The molecule has 2 amide bonds. The molecule has 0 radical (unpaired) electrons. The second-order valence-corrected chi connectivity index (χ2v) is 5.72. The minimum absolute atomic E-state index is 0.0567. The Morgan fingerprint density at radius 1 is 1.28 bits per heavy atom. The van der Waals surface area contributed by atoms with E-state index in [0.29, 0.717) is 6.07 Å². The summed E-state index contributed by atoms with van der Waals surface area (Å²) in [5.74, 6) is -2.16. The Morgan fingerprint density at radius 2 is 2.00 bits per heavy atom. The first-order valence-corrected chi connectivity index (χ1v) is 7.32. The summed E-state index contributed by atoms with van der Waals surface area (Å²) in [4.78, 5) is 23.0. The fourth-order valence-electron chi connectivity index (χ4n) is 2.45. The zero-order valence-electron chi connectivity index (χ0n) is 13.0. The molecule has 0 bridgehead atoms. The van der Waals surface area contributed by atoms with E-state index in [2.05, 4.69) is 10.6 Å². The maximum Gasteiger partial charge on any atom is 0.416 e. The van der Waals surface area contributed by atoms with Crippen LogP contribution in [0.2, 0.25) is 0 Å². The van der Waals surface area contributed by atoms with E-state index in [1.54, 1.807) is 0 Å². The molecule has 6 nitrogen and oxygen atoms in total. The van der Waals surface area contributed by atoms with Gasteiger partial charge in [0, 0.05) is 19.7 Å². The molecule has 2 rings (SSSR count). The first kappa shape index (κ1) is 19.0. The summed E-state index contributed by atoms with van der Waals surface area (Å²) in [6.45, 7) is -0.514. The third-order valence-electron chi connectivity index (χ3n) is 3.96. The van der Waals surface area contributed by atoms with Crippen molar-refractivity contribution < 1.29 is 37.0 Å². The summed E-state index contributed by atoms with van der Waals surface area (Å²) in [7, 11) is 0. The Kier molecular flexibility index (Phi) is 5.51. The van der Waals surface area contributed by atoms with E-state index >= 15 is 0 Å². The van der Waals surface area contributed by atoms with Crippen LogP contribution in [-0.4, -0.2) is 36.9 Å². The van der Waals surface area contributed by atoms with Gasteiger partial charge in [0.1, 0.15) is 11.2 Å². The van der Waals surface area contributed by atoms with Gasteiger partial charge in [0.15, 0.2) is 0 Å². The van der Waals surface area contributed by atoms with Crippen molar-refractivity contribution >= 4 is 12.0 Å². The van der Waals surface area contributed by atoms with E-state index in [1.807, 2.05) is 0 Å². The van der Waals surface area contributed by atoms with Gasteiger partial charge in [0.05, 0.1) is 12.2 Å². The van der Waals surface area contributed by atoms with Crippen LogP contribution in [0, 0.1) is 11.2 Å². The van der Waals surface area contributed by atoms with Crippen LogP contribution in [0.3, 0.4) is 0 Å². The molecule has 0 aromatic heterocycles. The van der Waals surface area contributed by atoms with Crippen LogP contribution in [0.4, 0.5) is 22.4 Å². The van der Waals surface area contributed by atoms with Crippen LogP contribution in [-0.2, 0) is 22.3 Å². The number of ether oxygens (including phenoxy) is 1. The fraction of sp³-hybridized carbons (Fsp3) is 0.467. The molecule has 0 saturated carbocycles. The summed E-state index contributed by atoms with van der Waals surface area (Å²) >= 11 is 0. The normalized spacial score (nSPS) is 20.3. The summed E-state index contributed by atoms with van der Waals surface area (Å²) in [6.07, 6.45) is -4.54. The van der Waals surface area contributed by atoms with Crippen LogP contribution in [0.25, 0.3) is 0 Å². The number of carbonyl (C=O) groups is 2. The molecule has 1 aromatic rings. The molecular formula is C15H16F4N2O4. The molecule has 3 N–H and O–H groups in total. The molecule has 25 heavy (non-hydrogen) atoms. The summed E-state index contributed by atoms with van der Waals surface area (Å²) < 4.78 is 56.7. The predicted molar refractivity (Wildman–Crippen MR) is 77.1 cm³/mol. The van der Waals surface area contributed by atoms with Crippen LogP contribution in [0.1, 0.15) is 17.5 Å². The molecule has 1 aliphatic heterocycles. The number of aliphatic carboxylic acids is 1. The zero-order chi connectivity index (χ0) is 18.7. The van der Waals surface area contributed by atoms with Crippen molar-refractivity contribution in [1.29, 1.82) is 0 Å². The molecule has 1 heterocycles. The molecule has 1 saturated heterocycles. The van der Waals surface area contributed by atoms with Crippen molar-refractivity contribution in [3.05, 3.63) is 35.1 Å². The number of alkyl halides is 3. The second kappa shape index (κ2) is 7.26. The van der Waals surface area contributed by atoms with Crippen molar-refractivity contribution in [2.45, 2.75) is 19.1 Å². The van der Waals surface area contributed by atoms with Gasteiger partial charge < -0.3 is 20.5 Å². The Hall–Kier alpha value is -2.36. The van der Waals surface area contributed by atoms with Crippen molar-refractivity contribution in [2.24, 2.45) is 5.41 Å². The number of carboxylic acids is 1. The first-order chi connectivity index (χ1) is 11.6. The quantitative estimate of drug-likeness (QED) is 0.699. The van der Waals surface area contributed by atoms with E-state index in [1.165, 1.54) is 0 Å². The Bertz CT molecular complexity index is 657. The number of carbonyl (C=O) groups excluding carboxylic acids is 1. The Morgan fingerprint density at radius 3 is 2.56 bits per heavy atom. The summed E-state index contributed by atoms with van der Waals surface area (Å²) in [5, 5.41) is 13.7. The Balaban J connectivity index is 1.96. The van der Waals surface area contributed by atoms with Crippen molar-refractivity contribution in [3.8, 4) is 0 Å². The molecule has 10 heteroatoms. The second-order valence-electron chi connectivity index (χ2n) is 5.72. The van der Waals surface area contributed by atoms with Gasteiger partial charge in [-0.05, 0) is 24.1 Å². The minimum Gasteiger partial charge on any atom is -0.481 e. The van der Waals surface area contributed by atoms with Gasteiger partial charge in [-0.2, -0.15) is 13.2 Å². The lowest BCUT2D eigenvalue weighted by molar-refractivity contribution is -0.148. The van der Waals surface area contributed by atoms with E-state index in [0.717, 1.165) is 12.1 Å². The largest absolute Gasteiger partial charge is 0.481 e. The SMILES string of the molecule is O=C(NCc1ccc(F)cc1C(F)(F)F)NCC1(C(=O)O)CCOC1. The highest BCUT2D eigenvalue weighted by molar-refractivity contribution is 5.78. The standard InChI is InChI=1S/C15H16F4N2O4/c16-10-2-1-9(11(5-10)15(17,18)19)6-20-13(24)21-7-14(12(22)23)3-4-25-8-14/h1-2,5H,3-4,6-8H2,(H,22,23)(H2,20,21,24). The maximum atomic E-state index is 13.0. The number of benzene rings is 1. The number of amides is 2. The lowest BCUT2D eigenvalue weighted by Crippen LogP contribution is -2.46. The van der Waals surface area contributed by atoms with Gasteiger partial charge in [-0.15, -0.1) is 0 Å². The highest BCUT2D eigenvalue weighted by atomic mass is 19.4. The number of hydrogen-bond donors (Lipinski definition) is 3. The van der Waals surface area contributed by atoms with Gasteiger partial charge in [-0.3, -0.25) is 4.79 Å². The summed E-state index contributed by atoms with van der Waals surface area (Å²) in [5.41, 5.74) is -2.73. The first-order valence-electron chi connectivity index (χ1n) is 7.32. The number of urea groups is 1. The molecule has 0 spiro atoms. The Labute approximate surface area is 140 Å². The maximum absolute atomic E-state index is 13.0. The fourth-order valence-corrected chi connectivity index (χ4v) is 2.45. The van der Waals surface area contributed by atoms with Crippen LogP contribution < -0.4 is 10.6 Å². The highest BCUT2D eigenvalue weighted by Crippen LogP contribution is 2.32. The molecule has 1 aromatic carbocycles. The van der Waals surface area contributed by atoms with Crippen LogP contribution >= 0.6 is 0 Å².